The van der Waals surface area contributed by atoms with E-state index in [1.54, 1.807) is 7.11 Å². The highest BCUT2D eigenvalue weighted by molar-refractivity contribution is 5.42. The molecule has 1 unspecified atom stereocenters. The second-order valence-electron chi connectivity index (χ2n) is 4.08. The Morgan fingerprint density at radius 2 is 1.75 bits per heavy atom. The zero-order valence-corrected chi connectivity index (χ0v) is 10.4. The highest BCUT2D eigenvalue weighted by Gasteiger charge is 2.09. The van der Waals surface area contributed by atoms with E-state index in [4.69, 9.17) is 14.6 Å². The van der Waals surface area contributed by atoms with Crippen LogP contribution in [0.1, 0.15) is 16.7 Å². The van der Waals surface area contributed by atoms with Crippen LogP contribution in [0.25, 0.3) is 0 Å². The lowest BCUT2D eigenvalue weighted by Crippen LogP contribution is -2.24. The maximum Gasteiger partial charge on any atom is 0.125 e. The van der Waals surface area contributed by atoms with E-state index >= 15 is 0 Å². The summed E-state index contributed by atoms with van der Waals surface area (Å²) in [5.41, 5.74) is 3.46. The first kappa shape index (κ1) is 13.0. The van der Waals surface area contributed by atoms with Crippen molar-refractivity contribution in [3.05, 3.63) is 28.8 Å². The maximum absolute atomic E-state index is 8.98. The molecule has 1 aromatic rings. The molecule has 0 aliphatic carbocycles. The maximum atomic E-state index is 8.98. The van der Waals surface area contributed by atoms with E-state index < -0.39 is 0 Å². The predicted octanol–water partition coefficient (Wildman–Crippen LogP) is 2.00. The van der Waals surface area contributed by atoms with Gasteiger partial charge >= 0.3 is 0 Å². The molecule has 0 saturated heterocycles. The normalized spacial score (nSPS) is 12.6. The number of aliphatic hydroxyl groups excluding tert-OH is 1. The molecule has 1 aromatic carbocycles. The Morgan fingerprint density at radius 1 is 1.19 bits per heavy atom. The molecule has 0 heterocycles. The third-order valence-electron chi connectivity index (χ3n) is 2.56. The van der Waals surface area contributed by atoms with E-state index in [1.165, 1.54) is 5.56 Å². The fraction of sp³-hybridized carbons (Fsp3) is 0.538. The highest BCUT2D eigenvalue weighted by Crippen LogP contribution is 2.24. The van der Waals surface area contributed by atoms with Gasteiger partial charge in [0.2, 0.25) is 0 Å². The van der Waals surface area contributed by atoms with Gasteiger partial charge in [0, 0.05) is 7.11 Å². The van der Waals surface area contributed by atoms with E-state index in [0.29, 0.717) is 6.61 Å². The first-order valence-electron chi connectivity index (χ1n) is 5.42. The molecule has 0 radical (unpaired) electrons. The molecule has 1 N–H and O–H groups in total. The molecule has 0 aliphatic rings. The topological polar surface area (TPSA) is 38.7 Å². The van der Waals surface area contributed by atoms with E-state index in [-0.39, 0.29) is 12.7 Å². The lowest BCUT2D eigenvalue weighted by Gasteiger charge is -2.17. The lowest BCUT2D eigenvalue weighted by molar-refractivity contribution is 0.0161. The molecule has 0 bridgehead atoms. The van der Waals surface area contributed by atoms with Crippen LogP contribution in [-0.4, -0.2) is 31.5 Å². The zero-order chi connectivity index (χ0) is 12.1. The van der Waals surface area contributed by atoms with Gasteiger partial charge in [-0.25, -0.2) is 0 Å². The summed E-state index contributed by atoms with van der Waals surface area (Å²) in [5.74, 6) is 0.890. The van der Waals surface area contributed by atoms with Crippen LogP contribution in [0.15, 0.2) is 12.1 Å². The van der Waals surface area contributed by atoms with Crippen molar-refractivity contribution in [2.75, 3.05) is 20.3 Å². The van der Waals surface area contributed by atoms with Crippen molar-refractivity contribution in [3.8, 4) is 5.75 Å². The predicted molar refractivity (Wildman–Crippen MR) is 64.0 cm³/mol. The van der Waals surface area contributed by atoms with E-state index in [9.17, 15) is 0 Å². The zero-order valence-electron chi connectivity index (χ0n) is 10.4. The van der Waals surface area contributed by atoms with Crippen molar-refractivity contribution in [1.29, 1.82) is 0 Å². The average Bonchev–Trinajstić information content (AvgIpc) is 2.22. The summed E-state index contributed by atoms with van der Waals surface area (Å²) in [6.45, 7) is 6.46. The second-order valence-corrected chi connectivity index (χ2v) is 4.08. The van der Waals surface area contributed by atoms with Gasteiger partial charge in [-0.15, -0.1) is 0 Å². The Labute approximate surface area is 97.0 Å². The number of benzene rings is 1. The van der Waals surface area contributed by atoms with Gasteiger partial charge in [-0.1, -0.05) is 17.7 Å². The molecule has 1 rings (SSSR count). The van der Waals surface area contributed by atoms with Crippen molar-refractivity contribution < 1.29 is 14.6 Å². The van der Waals surface area contributed by atoms with Crippen LogP contribution >= 0.6 is 0 Å². The fourth-order valence-corrected chi connectivity index (χ4v) is 1.77. The third kappa shape index (κ3) is 3.22. The Hall–Kier alpha value is -1.06. The quantitative estimate of drug-likeness (QED) is 0.831. The van der Waals surface area contributed by atoms with Gasteiger partial charge in [-0.3, -0.25) is 0 Å². The van der Waals surface area contributed by atoms with E-state index in [2.05, 4.69) is 19.1 Å². The summed E-state index contributed by atoms with van der Waals surface area (Å²) in [7, 11) is 1.57. The minimum atomic E-state index is -0.264. The number of rotatable bonds is 5. The molecule has 0 aromatic heterocycles. The summed E-state index contributed by atoms with van der Waals surface area (Å²) >= 11 is 0. The third-order valence-corrected chi connectivity index (χ3v) is 2.56. The molecule has 0 saturated carbocycles. The van der Waals surface area contributed by atoms with Crippen LogP contribution in [0.4, 0.5) is 0 Å². The van der Waals surface area contributed by atoms with Crippen molar-refractivity contribution in [1.82, 2.24) is 0 Å². The number of hydrogen-bond donors (Lipinski definition) is 1. The molecule has 3 heteroatoms. The molecule has 90 valence electrons. The monoisotopic (exact) mass is 224 g/mol. The Morgan fingerprint density at radius 3 is 2.19 bits per heavy atom. The minimum Gasteiger partial charge on any atom is -0.490 e. The van der Waals surface area contributed by atoms with Crippen molar-refractivity contribution in [2.24, 2.45) is 0 Å². The first-order chi connectivity index (χ1) is 7.58. The Bertz CT molecular complexity index is 320. The lowest BCUT2D eigenvalue weighted by atomic mass is 10.1. The van der Waals surface area contributed by atoms with Crippen LogP contribution in [-0.2, 0) is 4.74 Å². The van der Waals surface area contributed by atoms with Gasteiger partial charge in [-0.05, 0) is 31.9 Å². The van der Waals surface area contributed by atoms with Crippen LogP contribution in [0, 0.1) is 20.8 Å². The second kappa shape index (κ2) is 5.87. The van der Waals surface area contributed by atoms with Gasteiger partial charge in [0.25, 0.3) is 0 Å². The molecule has 3 nitrogen and oxygen atoms in total. The average molecular weight is 224 g/mol. The van der Waals surface area contributed by atoms with Crippen molar-refractivity contribution in [2.45, 2.75) is 26.9 Å². The smallest absolute Gasteiger partial charge is 0.125 e. The Kier molecular flexibility index (Phi) is 4.77. The van der Waals surface area contributed by atoms with Crippen LogP contribution in [0.2, 0.25) is 0 Å². The number of aryl methyl sites for hydroxylation is 3. The molecule has 0 spiro atoms. The molecule has 0 aliphatic heterocycles. The number of aliphatic hydroxyl groups is 1. The number of methoxy groups -OCH3 is 1. The van der Waals surface area contributed by atoms with Crippen LogP contribution in [0.3, 0.4) is 0 Å². The van der Waals surface area contributed by atoms with Crippen molar-refractivity contribution >= 4 is 0 Å². The largest absolute Gasteiger partial charge is 0.490 e. The fourth-order valence-electron chi connectivity index (χ4n) is 1.77. The van der Waals surface area contributed by atoms with Crippen LogP contribution < -0.4 is 4.74 Å². The molecular weight excluding hydrogens is 204 g/mol. The van der Waals surface area contributed by atoms with Gasteiger partial charge < -0.3 is 14.6 Å². The number of hydrogen-bond acceptors (Lipinski definition) is 3. The molecule has 16 heavy (non-hydrogen) atoms. The minimum absolute atomic E-state index is 0.0273. The SMILES string of the molecule is COC(CO)COc1c(C)cc(C)cc1C. The molecule has 1 atom stereocenters. The van der Waals surface area contributed by atoms with Crippen molar-refractivity contribution in [3.63, 3.8) is 0 Å². The van der Waals surface area contributed by atoms with E-state index in [1.807, 2.05) is 13.8 Å². The molecule has 0 fully saturated rings. The summed E-state index contributed by atoms with van der Waals surface area (Å²) in [6, 6.07) is 4.17. The summed E-state index contributed by atoms with van der Waals surface area (Å²) < 4.78 is 10.7. The van der Waals surface area contributed by atoms with Gasteiger partial charge in [0.1, 0.15) is 18.5 Å². The van der Waals surface area contributed by atoms with Gasteiger partial charge in [0.15, 0.2) is 0 Å². The summed E-state index contributed by atoms with van der Waals surface area (Å²) in [4.78, 5) is 0. The standard InChI is InChI=1S/C13H20O3/c1-9-5-10(2)13(11(3)6-9)16-8-12(7-14)15-4/h5-6,12,14H,7-8H2,1-4H3. The first-order valence-corrected chi connectivity index (χ1v) is 5.42. The van der Waals surface area contributed by atoms with Crippen LogP contribution in [0.5, 0.6) is 5.75 Å². The molecule has 0 amide bonds. The number of ether oxygens (including phenoxy) is 2. The summed E-state index contributed by atoms with van der Waals surface area (Å²) in [6.07, 6.45) is -0.264. The van der Waals surface area contributed by atoms with Gasteiger partial charge in [-0.2, -0.15) is 0 Å². The highest BCUT2D eigenvalue weighted by atomic mass is 16.5. The van der Waals surface area contributed by atoms with Gasteiger partial charge in [0.05, 0.1) is 6.61 Å². The summed E-state index contributed by atoms with van der Waals surface area (Å²) in [5, 5.41) is 8.98. The molecular formula is C13H20O3. The Balaban J connectivity index is 2.74. The van der Waals surface area contributed by atoms with E-state index in [0.717, 1.165) is 16.9 Å².